The predicted octanol–water partition coefficient (Wildman–Crippen LogP) is 2.25. The fraction of sp³-hybridized carbons (Fsp3) is 0.273. The zero-order valence-electron chi connectivity index (χ0n) is 7.93. The molecule has 72 valence electrons. The van der Waals surface area contributed by atoms with Crippen LogP contribution in [-0.4, -0.2) is 6.04 Å². The Morgan fingerprint density at radius 2 is 2.00 bits per heavy atom. The third kappa shape index (κ3) is 2.19. The van der Waals surface area contributed by atoms with E-state index in [9.17, 15) is 0 Å². The van der Waals surface area contributed by atoms with Crippen molar-refractivity contribution in [1.82, 2.24) is 0 Å². The fourth-order valence-corrected chi connectivity index (χ4v) is 1.50. The van der Waals surface area contributed by atoms with E-state index in [1.54, 1.807) is 0 Å². The maximum atomic E-state index is 5.49. The van der Waals surface area contributed by atoms with Crippen molar-refractivity contribution in [1.29, 1.82) is 0 Å². The first-order valence-electron chi connectivity index (χ1n) is 4.76. The summed E-state index contributed by atoms with van der Waals surface area (Å²) in [6.07, 6.45) is 3.91. The Bertz CT molecular complexity index is 354. The van der Waals surface area contributed by atoms with Crippen LogP contribution in [0.1, 0.15) is 12.0 Å². The molecule has 0 aromatic heterocycles. The minimum atomic E-state index is 0.176. The molecule has 0 amide bonds. The quantitative estimate of drug-likeness (QED) is 0.775. The van der Waals surface area contributed by atoms with E-state index >= 15 is 0 Å². The first-order chi connectivity index (χ1) is 6.84. The topological polar surface area (TPSA) is 50.7 Å². The van der Waals surface area contributed by atoms with E-state index in [1.165, 1.54) is 5.56 Å². The molecule has 0 saturated carbocycles. The van der Waals surface area contributed by atoms with Crippen LogP contribution < -0.4 is 5.73 Å². The smallest absolute Gasteiger partial charge is 0.143 e. The summed E-state index contributed by atoms with van der Waals surface area (Å²) in [4.78, 5) is 0. The van der Waals surface area contributed by atoms with Gasteiger partial charge in [0.15, 0.2) is 0 Å². The normalized spacial score (nSPS) is 19.7. The molecular formula is C11H13N3. The molecule has 0 aliphatic carbocycles. The summed E-state index contributed by atoms with van der Waals surface area (Å²) in [5.74, 6) is 0.545. The standard InChI is InChI=1S/C11H13N3/c12-11-8-10(13-14-11)7-6-9-4-2-1-3-5-9/h1-5,8,10H,6-7,12H2/t10-/m1/s1. The summed E-state index contributed by atoms with van der Waals surface area (Å²) in [5, 5.41) is 7.83. The number of hydrogen-bond acceptors (Lipinski definition) is 3. The maximum Gasteiger partial charge on any atom is 0.143 e. The summed E-state index contributed by atoms with van der Waals surface area (Å²) >= 11 is 0. The van der Waals surface area contributed by atoms with Crippen molar-refractivity contribution in [2.24, 2.45) is 16.0 Å². The van der Waals surface area contributed by atoms with E-state index in [4.69, 9.17) is 5.73 Å². The summed E-state index contributed by atoms with van der Waals surface area (Å²) < 4.78 is 0. The lowest BCUT2D eigenvalue weighted by Gasteiger charge is -2.02. The molecule has 1 aliphatic heterocycles. The molecule has 3 nitrogen and oxygen atoms in total. The Hall–Kier alpha value is -1.64. The molecule has 1 atom stereocenters. The largest absolute Gasteiger partial charge is 0.382 e. The van der Waals surface area contributed by atoms with Gasteiger partial charge >= 0.3 is 0 Å². The number of aryl methyl sites for hydroxylation is 1. The van der Waals surface area contributed by atoms with Gasteiger partial charge in [0.2, 0.25) is 0 Å². The molecule has 14 heavy (non-hydrogen) atoms. The van der Waals surface area contributed by atoms with Crippen molar-refractivity contribution in [2.45, 2.75) is 18.9 Å². The summed E-state index contributed by atoms with van der Waals surface area (Å²) in [5.41, 5.74) is 6.83. The summed E-state index contributed by atoms with van der Waals surface area (Å²) in [6, 6.07) is 10.6. The lowest BCUT2D eigenvalue weighted by molar-refractivity contribution is 0.711. The van der Waals surface area contributed by atoms with E-state index in [2.05, 4.69) is 34.5 Å². The van der Waals surface area contributed by atoms with Crippen molar-refractivity contribution in [3.8, 4) is 0 Å². The lowest BCUT2D eigenvalue weighted by atomic mass is 10.1. The molecule has 0 unspecified atom stereocenters. The minimum absolute atomic E-state index is 0.176. The summed E-state index contributed by atoms with van der Waals surface area (Å²) in [6.45, 7) is 0. The van der Waals surface area contributed by atoms with E-state index in [0.29, 0.717) is 5.82 Å². The van der Waals surface area contributed by atoms with Crippen LogP contribution in [0.15, 0.2) is 52.5 Å². The highest BCUT2D eigenvalue weighted by Crippen LogP contribution is 2.14. The van der Waals surface area contributed by atoms with Gasteiger partial charge in [-0.3, -0.25) is 0 Å². The van der Waals surface area contributed by atoms with E-state index in [-0.39, 0.29) is 6.04 Å². The molecule has 0 fully saturated rings. The molecule has 0 bridgehead atoms. The second-order valence-corrected chi connectivity index (χ2v) is 3.40. The molecular weight excluding hydrogens is 174 g/mol. The molecule has 1 heterocycles. The molecule has 0 spiro atoms. The molecule has 2 rings (SSSR count). The highest BCUT2D eigenvalue weighted by atomic mass is 15.2. The van der Waals surface area contributed by atoms with Crippen molar-refractivity contribution < 1.29 is 0 Å². The van der Waals surface area contributed by atoms with Crippen molar-refractivity contribution in [2.75, 3.05) is 0 Å². The lowest BCUT2D eigenvalue weighted by Crippen LogP contribution is -2.00. The van der Waals surface area contributed by atoms with Gasteiger partial charge < -0.3 is 5.73 Å². The second-order valence-electron chi connectivity index (χ2n) is 3.40. The minimum Gasteiger partial charge on any atom is -0.382 e. The number of nitrogens with zero attached hydrogens (tertiary/aromatic N) is 2. The van der Waals surface area contributed by atoms with Gasteiger partial charge in [-0.15, -0.1) is 5.11 Å². The SMILES string of the molecule is NC1=C[C@@H](CCc2ccccc2)N=N1. The molecule has 0 saturated heterocycles. The van der Waals surface area contributed by atoms with Crippen LogP contribution >= 0.6 is 0 Å². The van der Waals surface area contributed by atoms with E-state index < -0.39 is 0 Å². The predicted molar refractivity (Wildman–Crippen MR) is 55.7 cm³/mol. The number of hydrogen-bond donors (Lipinski definition) is 1. The number of nitrogens with two attached hydrogens (primary N) is 1. The molecule has 1 aromatic carbocycles. The van der Waals surface area contributed by atoms with Crippen molar-refractivity contribution in [3.05, 3.63) is 47.8 Å². The monoisotopic (exact) mass is 187 g/mol. The average Bonchev–Trinajstić information content (AvgIpc) is 2.63. The van der Waals surface area contributed by atoms with Crippen LogP contribution in [0.3, 0.4) is 0 Å². The maximum absolute atomic E-state index is 5.49. The Morgan fingerprint density at radius 3 is 2.64 bits per heavy atom. The van der Waals surface area contributed by atoms with Gasteiger partial charge in [0.05, 0.1) is 6.04 Å². The second kappa shape index (κ2) is 4.05. The fourth-order valence-electron chi connectivity index (χ4n) is 1.50. The van der Waals surface area contributed by atoms with Gasteiger partial charge in [-0.05, 0) is 24.5 Å². The Balaban J connectivity index is 1.87. The Kier molecular flexibility index (Phi) is 2.58. The number of azo groups is 1. The molecule has 3 heteroatoms. The molecule has 1 aliphatic rings. The highest BCUT2D eigenvalue weighted by Gasteiger charge is 2.09. The van der Waals surface area contributed by atoms with Crippen LogP contribution in [0, 0.1) is 0 Å². The molecule has 2 N–H and O–H groups in total. The third-order valence-electron chi connectivity index (χ3n) is 2.26. The van der Waals surface area contributed by atoms with Gasteiger partial charge in [0.1, 0.15) is 5.82 Å². The summed E-state index contributed by atoms with van der Waals surface area (Å²) in [7, 11) is 0. The van der Waals surface area contributed by atoms with Crippen LogP contribution in [0.5, 0.6) is 0 Å². The van der Waals surface area contributed by atoms with Crippen LogP contribution in [0.4, 0.5) is 0 Å². The van der Waals surface area contributed by atoms with Gasteiger partial charge in [-0.1, -0.05) is 30.3 Å². The molecule has 1 aromatic rings. The van der Waals surface area contributed by atoms with Crippen LogP contribution in [0.25, 0.3) is 0 Å². The van der Waals surface area contributed by atoms with Gasteiger partial charge in [-0.2, -0.15) is 5.11 Å². The first kappa shape index (κ1) is 8.94. The Morgan fingerprint density at radius 1 is 1.21 bits per heavy atom. The van der Waals surface area contributed by atoms with Crippen molar-refractivity contribution in [3.63, 3.8) is 0 Å². The number of benzene rings is 1. The van der Waals surface area contributed by atoms with Crippen LogP contribution in [-0.2, 0) is 6.42 Å². The average molecular weight is 187 g/mol. The van der Waals surface area contributed by atoms with Gasteiger partial charge in [-0.25, -0.2) is 0 Å². The third-order valence-corrected chi connectivity index (χ3v) is 2.26. The van der Waals surface area contributed by atoms with Gasteiger partial charge in [0, 0.05) is 0 Å². The number of rotatable bonds is 3. The van der Waals surface area contributed by atoms with E-state index in [0.717, 1.165) is 12.8 Å². The van der Waals surface area contributed by atoms with Crippen LogP contribution in [0.2, 0.25) is 0 Å². The Labute approximate surface area is 83.3 Å². The van der Waals surface area contributed by atoms with Crippen molar-refractivity contribution >= 4 is 0 Å². The van der Waals surface area contributed by atoms with E-state index in [1.807, 2.05) is 12.1 Å². The highest BCUT2D eigenvalue weighted by molar-refractivity contribution is 5.16. The molecule has 0 radical (unpaired) electrons. The van der Waals surface area contributed by atoms with Gasteiger partial charge in [0.25, 0.3) is 0 Å². The zero-order chi connectivity index (χ0) is 9.80. The first-order valence-corrected chi connectivity index (χ1v) is 4.76. The zero-order valence-corrected chi connectivity index (χ0v) is 7.93.